The normalized spacial score (nSPS) is 17.2. The minimum atomic E-state index is -0.0735. The van der Waals surface area contributed by atoms with Crippen molar-refractivity contribution in [2.75, 3.05) is 5.73 Å². The van der Waals surface area contributed by atoms with Crippen LogP contribution in [0.4, 0.5) is 5.69 Å². The molecule has 0 spiro atoms. The molecule has 4 N–H and O–H groups in total. The predicted molar refractivity (Wildman–Crippen MR) is 86.9 cm³/mol. The van der Waals surface area contributed by atoms with Crippen molar-refractivity contribution >= 4 is 17.3 Å². The zero-order valence-electron chi connectivity index (χ0n) is 12.9. The number of carbonyl (C=O) groups is 1. The lowest BCUT2D eigenvalue weighted by molar-refractivity contribution is 0.0919. The van der Waals surface area contributed by atoms with E-state index in [1.165, 1.54) is 32.1 Å². The summed E-state index contributed by atoms with van der Waals surface area (Å²) in [6.45, 7) is 3.77. The van der Waals surface area contributed by atoms with Gasteiger partial charge in [-0.3, -0.25) is 4.79 Å². The van der Waals surface area contributed by atoms with Crippen LogP contribution < -0.4 is 11.1 Å². The molecule has 0 radical (unpaired) electrons. The van der Waals surface area contributed by atoms with Crippen LogP contribution in [0.5, 0.6) is 0 Å². The van der Waals surface area contributed by atoms with E-state index in [4.69, 9.17) is 11.1 Å². The molecule has 1 aliphatic rings. The smallest absolute Gasteiger partial charge is 0.251 e. The fraction of sp³-hybridized carbons (Fsp3) is 0.529. The lowest BCUT2D eigenvalue weighted by Crippen LogP contribution is -2.38. The summed E-state index contributed by atoms with van der Waals surface area (Å²) in [5, 5.41) is 10.8. The molecule has 114 valence electrons. The third-order valence-electron chi connectivity index (χ3n) is 4.44. The zero-order valence-corrected chi connectivity index (χ0v) is 12.9. The van der Waals surface area contributed by atoms with Crippen LogP contribution >= 0.6 is 0 Å². The number of nitrogens with two attached hydrogens (primary N) is 1. The Labute approximate surface area is 126 Å². The van der Waals surface area contributed by atoms with Gasteiger partial charge >= 0.3 is 0 Å². The van der Waals surface area contributed by atoms with E-state index in [1.54, 1.807) is 25.1 Å². The van der Waals surface area contributed by atoms with Crippen LogP contribution in [0.25, 0.3) is 0 Å². The average Bonchev–Trinajstić information content (AvgIpc) is 2.48. The van der Waals surface area contributed by atoms with Gasteiger partial charge in [0, 0.05) is 28.6 Å². The molecule has 21 heavy (non-hydrogen) atoms. The molecule has 2 rings (SSSR count). The molecule has 0 heterocycles. The van der Waals surface area contributed by atoms with Crippen molar-refractivity contribution in [1.82, 2.24) is 5.32 Å². The Bertz CT molecular complexity index is 533. The Hall–Kier alpha value is -1.84. The lowest BCUT2D eigenvalue weighted by atomic mass is 9.84. The second kappa shape index (κ2) is 6.74. The number of amides is 1. The molecule has 0 aromatic heterocycles. The van der Waals surface area contributed by atoms with Gasteiger partial charge in [0.05, 0.1) is 0 Å². The summed E-state index contributed by atoms with van der Waals surface area (Å²) in [5.74, 6) is 0.510. The van der Waals surface area contributed by atoms with Crippen molar-refractivity contribution in [3.05, 3.63) is 29.3 Å². The van der Waals surface area contributed by atoms with Crippen molar-refractivity contribution in [2.24, 2.45) is 5.92 Å². The number of nitrogens with one attached hydrogen (secondary N) is 2. The summed E-state index contributed by atoms with van der Waals surface area (Å²) >= 11 is 0. The standard InChI is InChI=1S/C17H25N3O/c1-11(18)15-10-14(8-9-16(15)19)17(21)20-12(2)13-6-4-3-5-7-13/h8-10,12-13,18H,3-7,19H2,1-2H3,(H,20,21). The topological polar surface area (TPSA) is 79.0 Å². The molecule has 1 aromatic rings. The predicted octanol–water partition coefficient (Wildman–Crippen LogP) is 3.36. The molecular formula is C17H25N3O. The van der Waals surface area contributed by atoms with E-state index in [-0.39, 0.29) is 11.9 Å². The van der Waals surface area contributed by atoms with Crippen molar-refractivity contribution in [3.8, 4) is 0 Å². The number of hydrogen-bond acceptors (Lipinski definition) is 3. The van der Waals surface area contributed by atoms with Gasteiger partial charge in [-0.25, -0.2) is 0 Å². The highest BCUT2D eigenvalue weighted by atomic mass is 16.1. The molecule has 4 nitrogen and oxygen atoms in total. The monoisotopic (exact) mass is 287 g/mol. The van der Waals surface area contributed by atoms with Gasteiger partial charge in [0.15, 0.2) is 0 Å². The maximum atomic E-state index is 12.4. The molecule has 1 aromatic carbocycles. The Morgan fingerprint density at radius 2 is 2.00 bits per heavy atom. The fourth-order valence-corrected chi connectivity index (χ4v) is 3.06. The van der Waals surface area contributed by atoms with Gasteiger partial charge in [-0.05, 0) is 50.8 Å². The van der Waals surface area contributed by atoms with E-state index in [0.29, 0.717) is 28.4 Å². The molecule has 1 atom stereocenters. The summed E-state index contributed by atoms with van der Waals surface area (Å²) in [4.78, 5) is 12.4. The highest BCUT2D eigenvalue weighted by molar-refractivity contribution is 6.04. The first-order chi connectivity index (χ1) is 9.99. The van der Waals surface area contributed by atoms with E-state index in [1.807, 2.05) is 0 Å². The van der Waals surface area contributed by atoms with Crippen LogP contribution in [0, 0.1) is 11.3 Å². The second-order valence-corrected chi connectivity index (χ2v) is 6.09. The maximum absolute atomic E-state index is 12.4. The molecule has 1 saturated carbocycles. The molecule has 4 heteroatoms. The highest BCUT2D eigenvalue weighted by Crippen LogP contribution is 2.26. The number of nitrogen functional groups attached to an aromatic ring is 1. The van der Waals surface area contributed by atoms with Crippen molar-refractivity contribution in [3.63, 3.8) is 0 Å². The van der Waals surface area contributed by atoms with Crippen LogP contribution in [0.1, 0.15) is 61.9 Å². The first-order valence-electron chi connectivity index (χ1n) is 7.75. The van der Waals surface area contributed by atoms with Gasteiger partial charge in [0.25, 0.3) is 5.91 Å². The third kappa shape index (κ3) is 3.84. The van der Waals surface area contributed by atoms with E-state index >= 15 is 0 Å². The molecule has 1 unspecified atom stereocenters. The van der Waals surface area contributed by atoms with Gasteiger partial charge in [0.2, 0.25) is 0 Å². The van der Waals surface area contributed by atoms with Crippen LogP contribution in [0.2, 0.25) is 0 Å². The van der Waals surface area contributed by atoms with E-state index in [0.717, 1.165) is 0 Å². The molecule has 1 fully saturated rings. The number of carbonyl (C=O) groups excluding carboxylic acids is 1. The number of hydrogen-bond donors (Lipinski definition) is 3. The van der Waals surface area contributed by atoms with Gasteiger partial charge in [-0.1, -0.05) is 19.3 Å². The first kappa shape index (κ1) is 15.5. The minimum absolute atomic E-state index is 0.0735. The SMILES string of the molecule is CC(=N)c1cc(C(=O)NC(C)C2CCCCC2)ccc1N. The van der Waals surface area contributed by atoms with Crippen LogP contribution in [0.3, 0.4) is 0 Å². The Kier molecular flexibility index (Phi) is 4.99. The van der Waals surface area contributed by atoms with Gasteiger partial charge < -0.3 is 16.5 Å². The Balaban J connectivity index is 2.06. The first-order valence-corrected chi connectivity index (χ1v) is 7.75. The fourth-order valence-electron chi connectivity index (χ4n) is 3.06. The summed E-state index contributed by atoms with van der Waals surface area (Å²) in [7, 11) is 0. The minimum Gasteiger partial charge on any atom is -0.398 e. The third-order valence-corrected chi connectivity index (χ3v) is 4.44. The largest absolute Gasteiger partial charge is 0.398 e. The lowest BCUT2D eigenvalue weighted by Gasteiger charge is -2.28. The van der Waals surface area contributed by atoms with Crippen molar-refractivity contribution in [2.45, 2.75) is 52.0 Å². The summed E-state index contributed by atoms with van der Waals surface area (Å²) in [5.41, 5.74) is 7.96. The summed E-state index contributed by atoms with van der Waals surface area (Å²) in [6.07, 6.45) is 6.26. The van der Waals surface area contributed by atoms with Crippen molar-refractivity contribution < 1.29 is 4.79 Å². The summed E-state index contributed by atoms with van der Waals surface area (Å²) < 4.78 is 0. The molecule has 1 aliphatic carbocycles. The van der Waals surface area contributed by atoms with E-state index < -0.39 is 0 Å². The maximum Gasteiger partial charge on any atom is 0.251 e. The summed E-state index contributed by atoms with van der Waals surface area (Å²) in [6, 6.07) is 5.33. The molecule has 0 bridgehead atoms. The van der Waals surface area contributed by atoms with Crippen molar-refractivity contribution in [1.29, 1.82) is 5.41 Å². The molecule has 0 saturated heterocycles. The van der Waals surface area contributed by atoms with E-state index in [9.17, 15) is 4.79 Å². The molecule has 1 amide bonds. The van der Waals surface area contributed by atoms with Gasteiger partial charge in [-0.2, -0.15) is 0 Å². The van der Waals surface area contributed by atoms with Gasteiger partial charge in [-0.15, -0.1) is 0 Å². The van der Waals surface area contributed by atoms with Crippen LogP contribution in [0.15, 0.2) is 18.2 Å². The number of benzene rings is 1. The number of anilines is 1. The highest BCUT2D eigenvalue weighted by Gasteiger charge is 2.22. The van der Waals surface area contributed by atoms with Crippen LogP contribution in [-0.2, 0) is 0 Å². The number of rotatable bonds is 4. The average molecular weight is 287 g/mol. The quantitative estimate of drug-likeness (QED) is 0.586. The Morgan fingerprint density at radius 1 is 1.33 bits per heavy atom. The second-order valence-electron chi connectivity index (χ2n) is 6.09. The van der Waals surface area contributed by atoms with Gasteiger partial charge in [0.1, 0.15) is 0 Å². The zero-order chi connectivity index (χ0) is 15.4. The van der Waals surface area contributed by atoms with Crippen LogP contribution in [-0.4, -0.2) is 17.7 Å². The molecule has 0 aliphatic heterocycles. The van der Waals surface area contributed by atoms with E-state index in [2.05, 4.69) is 12.2 Å². The molecular weight excluding hydrogens is 262 g/mol. The Morgan fingerprint density at radius 3 is 2.62 bits per heavy atom.